The normalized spacial score (nSPS) is 21.8. The number of thioether (sulfide) groups is 1. The number of aliphatic imine (C=N–C) groups is 1. The molecule has 0 bridgehead atoms. The number of aliphatic hydroxyl groups excluding tert-OH is 1. The minimum absolute atomic E-state index is 0.000110. The van der Waals surface area contributed by atoms with E-state index in [1.54, 1.807) is 11.8 Å². The number of hydrogen-bond acceptors (Lipinski definition) is 5. The first-order valence-corrected chi connectivity index (χ1v) is 6.68. The number of nitrogens with one attached hydrogen (secondary N) is 1. The first kappa shape index (κ1) is 11.6. The van der Waals surface area contributed by atoms with Gasteiger partial charge in [0.05, 0.1) is 24.1 Å². The molecule has 2 heterocycles. The quantitative estimate of drug-likeness (QED) is 0.833. The molecule has 1 saturated heterocycles. The Labute approximate surface area is 109 Å². The summed E-state index contributed by atoms with van der Waals surface area (Å²) in [5, 5.41) is 10.4. The summed E-state index contributed by atoms with van der Waals surface area (Å²) < 4.78 is 0. The Hall–Kier alpha value is -1.53. The predicted octanol–water partition coefficient (Wildman–Crippen LogP) is 0.920. The van der Waals surface area contributed by atoms with Crippen LogP contribution in [0, 0.1) is 0 Å². The van der Waals surface area contributed by atoms with Gasteiger partial charge < -0.3 is 5.11 Å². The third-order valence-electron chi connectivity index (χ3n) is 2.91. The Morgan fingerprint density at radius 1 is 1.50 bits per heavy atom. The van der Waals surface area contributed by atoms with Crippen LogP contribution in [0.15, 0.2) is 34.2 Å². The molecule has 0 spiro atoms. The van der Waals surface area contributed by atoms with Crippen molar-refractivity contribution >= 4 is 29.2 Å². The SMILES string of the molecule is O=C1C[C@@H]2Sc3ccccc3N=C2NN1CCO. The van der Waals surface area contributed by atoms with E-state index < -0.39 is 0 Å². The van der Waals surface area contributed by atoms with Crippen LogP contribution in [-0.2, 0) is 4.79 Å². The van der Waals surface area contributed by atoms with Crippen LogP contribution in [0.4, 0.5) is 5.69 Å². The highest BCUT2D eigenvalue weighted by Gasteiger charge is 2.33. The summed E-state index contributed by atoms with van der Waals surface area (Å²) in [5.41, 5.74) is 3.93. The molecule has 1 aromatic carbocycles. The van der Waals surface area contributed by atoms with E-state index in [1.807, 2.05) is 24.3 Å². The average molecular weight is 263 g/mol. The van der Waals surface area contributed by atoms with Gasteiger partial charge in [-0.3, -0.25) is 15.2 Å². The molecule has 1 amide bonds. The second-order valence-electron chi connectivity index (χ2n) is 4.16. The van der Waals surface area contributed by atoms with Gasteiger partial charge in [0.25, 0.3) is 0 Å². The number of amidine groups is 1. The molecule has 0 saturated carbocycles. The Morgan fingerprint density at radius 2 is 2.33 bits per heavy atom. The van der Waals surface area contributed by atoms with Crippen molar-refractivity contribution in [2.45, 2.75) is 16.6 Å². The van der Waals surface area contributed by atoms with Gasteiger partial charge in [-0.2, -0.15) is 0 Å². The van der Waals surface area contributed by atoms with Crippen molar-refractivity contribution in [1.82, 2.24) is 10.4 Å². The molecule has 0 aliphatic carbocycles. The first-order valence-electron chi connectivity index (χ1n) is 5.80. The van der Waals surface area contributed by atoms with Gasteiger partial charge in [-0.15, -0.1) is 11.8 Å². The van der Waals surface area contributed by atoms with Crippen LogP contribution in [0.2, 0.25) is 0 Å². The number of para-hydroxylation sites is 1. The van der Waals surface area contributed by atoms with E-state index >= 15 is 0 Å². The van der Waals surface area contributed by atoms with Gasteiger partial charge in [0.2, 0.25) is 5.91 Å². The van der Waals surface area contributed by atoms with E-state index in [9.17, 15) is 4.79 Å². The molecule has 3 rings (SSSR count). The summed E-state index contributed by atoms with van der Waals surface area (Å²) in [7, 11) is 0. The van der Waals surface area contributed by atoms with E-state index in [1.165, 1.54) is 5.01 Å². The number of hydrogen-bond donors (Lipinski definition) is 2. The monoisotopic (exact) mass is 263 g/mol. The second kappa shape index (κ2) is 4.62. The summed E-state index contributed by atoms with van der Waals surface area (Å²) in [5.74, 6) is 0.798. The van der Waals surface area contributed by atoms with E-state index in [-0.39, 0.29) is 24.3 Å². The minimum atomic E-state index is -0.0551. The number of benzene rings is 1. The Balaban J connectivity index is 1.89. The number of aliphatic hydroxyl groups is 1. The molecule has 1 atom stereocenters. The highest BCUT2D eigenvalue weighted by molar-refractivity contribution is 8.01. The third-order valence-corrected chi connectivity index (χ3v) is 4.19. The van der Waals surface area contributed by atoms with Gasteiger partial charge in [0.1, 0.15) is 5.84 Å². The maximum Gasteiger partial charge on any atom is 0.242 e. The number of fused-ring (bicyclic) bond motifs is 2. The standard InChI is InChI=1S/C12H13N3O2S/c16-6-5-15-11(17)7-10-12(14-15)13-8-3-1-2-4-9(8)18-10/h1-4,10,16H,5-7H2,(H,13,14)/t10-/m0/s1. The summed E-state index contributed by atoms with van der Waals surface area (Å²) >= 11 is 1.66. The number of carbonyl (C=O) groups excluding carboxylic acids is 1. The fraction of sp³-hybridized carbons (Fsp3) is 0.333. The van der Waals surface area contributed by atoms with E-state index in [4.69, 9.17) is 5.11 Å². The number of β-amino-alcohol motifs (C(OH)–C–C–N with tert-alkyl or cyclic N) is 1. The number of hydrazine groups is 1. The molecule has 2 aliphatic rings. The largest absolute Gasteiger partial charge is 0.394 e. The predicted molar refractivity (Wildman–Crippen MR) is 69.7 cm³/mol. The lowest BCUT2D eigenvalue weighted by Crippen LogP contribution is -2.56. The van der Waals surface area contributed by atoms with Gasteiger partial charge in [0, 0.05) is 11.3 Å². The summed E-state index contributed by atoms with van der Waals surface area (Å²) in [6.07, 6.45) is 0.421. The van der Waals surface area contributed by atoms with Crippen LogP contribution >= 0.6 is 11.8 Å². The lowest BCUT2D eigenvalue weighted by atomic mass is 10.2. The molecule has 0 aromatic heterocycles. The van der Waals surface area contributed by atoms with Crippen LogP contribution in [0.5, 0.6) is 0 Å². The van der Waals surface area contributed by atoms with Crippen molar-refractivity contribution < 1.29 is 9.90 Å². The molecule has 5 nitrogen and oxygen atoms in total. The lowest BCUT2D eigenvalue weighted by Gasteiger charge is -2.35. The van der Waals surface area contributed by atoms with E-state index in [2.05, 4.69) is 10.4 Å². The fourth-order valence-corrected chi connectivity index (χ4v) is 3.19. The number of amides is 1. The molecular weight excluding hydrogens is 250 g/mol. The zero-order valence-corrected chi connectivity index (χ0v) is 10.5. The van der Waals surface area contributed by atoms with Crippen molar-refractivity contribution in [2.75, 3.05) is 13.2 Å². The smallest absolute Gasteiger partial charge is 0.242 e. The maximum atomic E-state index is 11.8. The second-order valence-corrected chi connectivity index (χ2v) is 5.40. The maximum absolute atomic E-state index is 11.8. The lowest BCUT2D eigenvalue weighted by molar-refractivity contribution is -0.134. The van der Waals surface area contributed by atoms with Gasteiger partial charge in [-0.05, 0) is 12.1 Å². The van der Waals surface area contributed by atoms with E-state index in [0.717, 1.165) is 16.4 Å². The molecule has 6 heteroatoms. The van der Waals surface area contributed by atoms with Crippen LogP contribution in [0.1, 0.15) is 6.42 Å². The van der Waals surface area contributed by atoms with Gasteiger partial charge in [-0.25, -0.2) is 4.99 Å². The molecule has 1 fully saturated rings. The fourth-order valence-electron chi connectivity index (χ4n) is 2.05. The molecule has 2 N–H and O–H groups in total. The Kier molecular flexibility index (Phi) is 2.97. The highest BCUT2D eigenvalue weighted by atomic mass is 32.2. The number of carbonyl (C=O) groups is 1. The van der Waals surface area contributed by atoms with Crippen molar-refractivity contribution in [3.8, 4) is 0 Å². The topological polar surface area (TPSA) is 64.9 Å². The van der Waals surface area contributed by atoms with Gasteiger partial charge >= 0.3 is 0 Å². The zero-order chi connectivity index (χ0) is 12.5. The molecule has 94 valence electrons. The third kappa shape index (κ3) is 1.97. The van der Waals surface area contributed by atoms with Crippen molar-refractivity contribution in [3.05, 3.63) is 24.3 Å². The summed E-state index contributed by atoms with van der Waals surface area (Å²) in [6, 6.07) is 7.90. The average Bonchev–Trinajstić information content (AvgIpc) is 2.38. The zero-order valence-electron chi connectivity index (χ0n) is 9.67. The summed E-state index contributed by atoms with van der Waals surface area (Å²) in [4.78, 5) is 17.5. The molecule has 1 aromatic rings. The Morgan fingerprint density at radius 3 is 3.17 bits per heavy atom. The van der Waals surface area contributed by atoms with Crippen LogP contribution in [0.25, 0.3) is 0 Å². The van der Waals surface area contributed by atoms with Crippen LogP contribution in [-0.4, -0.2) is 40.3 Å². The Bertz CT molecular complexity index is 518. The van der Waals surface area contributed by atoms with Crippen molar-refractivity contribution in [3.63, 3.8) is 0 Å². The molecule has 0 radical (unpaired) electrons. The summed E-state index contributed by atoms with van der Waals surface area (Å²) in [6.45, 7) is 0.233. The van der Waals surface area contributed by atoms with Crippen LogP contribution in [0.3, 0.4) is 0 Å². The molecule has 0 unspecified atom stereocenters. The van der Waals surface area contributed by atoms with Crippen molar-refractivity contribution in [2.24, 2.45) is 4.99 Å². The molecule has 18 heavy (non-hydrogen) atoms. The van der Waals surface area contributed by atoms with Crippen LogP contribution < -0.4 is 5.43 Å². The van der Waals surface area contributed by atoms with E-state index in [0.29, 0.717) is 6.42 Å². The van der Waals surface area contributed by atoms with Crippen molar-refractivity contribution in [1.29, 1.82) is 0 Å². The van der Waals surface area contributed by atoms with Gasteiger partial charge in [-0.1, -0.05) is 12.1 Å². The highest BCUT2D eigenvalue weighted by Crippen LogP contribution is 2.39. The van der Waals surface area contributed by atoms with Gasteiger partial charge in [0.15, 0.2) is 0 Å². The number of nitrogens with zero attached hydrogens (tertiary/aromatic N) is 2. The first-order chi connectivity index (χ1) is 8.78. The number of rotatable bonds is 2. The molecular formula is C12H13N3O2S. The minimum Gasteiger partial charge on any atom is -0.394 e. The molecule has 2 aliphatic heterocycles.